The van der Waals surface area contributed by atoms with Crippen molar-refractivity contribution >= 4 is 5.91 Å². The Morgan fingerprint density at radius 2 is 2.20 bits per heavy atom. The summed E-state index contributed by atoms with van der Waals surface area (Å²) in [6.07, 6.45) is 9.60. The van der Waals surface area contributed by atoms with Crippen LogP contribution in [0.5, 0.6) is 0 Å². The van der Waals surface area contributed by atoms with Crippen molar-refractivity contribution < 1.29 is 4.79 Å². The summed E-state index contributed by atoms with van der Waals surface area (Å²) in [4.78, 5) is 13.6. The summed E-state index contributed by atoms with van der Waals surface area (Å²) in [5.74, 6) is 0.0826. The van der Waals surface area contributed by atoms with E-state index in [-0.39, 0.29) is 5.91 Å². The number of hydrogen-bond donors (Lipinski definition) is 0. The van der Waals surface area contributed by atoms with Gasteiger partial charge in [0.25, 0.3) is 0 Å². The van der Waals surface area contributed by atoms with Crippen molar-refractivity contribution in [3.63, 3.8) is 0 Å². The molecule has 0 aliphatic heterocycles. The zero-order chi connectivity index (χ0) is 11.3. The maximum absolute atomic E-state index is 11.7. The Kier molecular flexibility index (Phi) is 4.35. The first kappa shape index (κ1) is 11.8. The van der Waals surface area contributed by atoms with Crippen LogP contribution in [0.15, 0.2) is 35.6 Å². The Hall–Kier alpha value is -1.31. The fraction of sp³-hybridized carbons (Fsp3) is 0.462. The number of likely N-dealkylation sites (N-methyl/N-ethyl adjacent to an activating group) is 1. The Morgan fingerprint density at radius 1 is 1.47 bits per heavy atom. The Morgan fingerprint density at radius 3 is 2.67 bits per heavy atom. The number of carbonyl (C=O) groups excluding carboxylic acids is 1. The van der Waals surface area contributed by atoms with Crippen LogP contribution in [0.1, 0.15) is 33.6 Å². The molecule has 0 aromatic carbocycles. The number of hydrogen-bond acceptors (Lipinski definition) is 1. The van der Waals surface area contributed by atoms with Crippen LogP contribution in [0, 0.1) is 0 Å². The van der Waals surface area contributed by atoms with E-state index in [9.17, 15) is 4.79 Å². The van der Waals surface area contributed by atoms with Crippen molar-refractivity contribution in [2.24, 2.45) is 0 Å². The molecule has 0 fully saturated rings. The summed E-state index contributed by atoms with van der Waals surface area (Å²) in [5, 5.41) is 0. The predicted molar refractivity (Wildman–Crippen MR) is 63.3 cm³/mol. The third-order valence-corrected chi connectivity index (χ3v) is 2.57. The molecule has 2 heteroatoms. The first-order chi connectivity index (χ1) is 7.19. The quantitative estimate of drug-likeness (QED) is 0.648. The van der Waals surface area contributed by atoms with Crippen molar-refractivity contribution in [2.45, 2.75) is 33.6 Å². The monoisotopic (exact) mass is 205 g/mol. The molecule has 0 saturated carbocycles. The molecule has 82 valence electrons. The SMILES string of the molecule is C/C=C\C(=O)N(CC)C1=CC=C(C)CC1. The zero-order valence-electron chi connectivity index (χ0n) is 9.79. The maximum atomic E-state index is 11.7. The van der Waals surface area contributed by atoms with Gasteiger partial charge in [-0.05, 0) is 45.8 Å². The normalized spacial score (nSPS) is 16.2. The third-order valence-electron chi connectivity index (χ3n) is 2.57. The molecular weight excluding hydrogens is 186 g/mol. The van der Waals surface area contributed by atoms with Gasteiger partial charge in [-0.25, -0.2) is 0 Å². The van der Waals surface area contributed by atoms with Gasteiger partial charge in [0, 0.05) is 12.2 Å². The Bertz CT molecular complexity index is 323. The van der Waals surface area contributed by atoms with Crippen LogP contribution < -0.4 is 0 Å². The van der Waals surface area contributed by atoms with Crippen molar-refractivity contribution in [2.75, 3.05) is 6.54 Å². The summed E-state index contributed by atoms with van der Waals surface area (Å²) in [5.41, 5.74) is 2.51. The maximum Gasteiger partial charge on any atom is 0.250 e. The molecule has 15 heavy (non-hydrogen) atoms. The molecule has 0 radical (unpaired) electrons. The fourth-order valence-electron chi connectivity index (χ4n) is 1.69. The van der Waals surface area contributed by atoms with Crippen LogP contribution in [0.4, 0.5) is 0 Å². The molecular formula is C13H19NO. The molecule has 1 aliphatic carbocycles. The van der Waals surface area contributed by atoms with Crippen molar-refractivity contribution in [1.82, 2.24) is 4.90 Å². The van der Waals surface area contributed by atoms with E-state index in [4.69, 9.17) is 0 Å². The molecule has 0 aromatic rings. The van der Waals surface area contributed by atoms with E-state index in [0.29, 0.717) is 0 Å². The van der Waals surface area contributed by atoms with E-state index in [2.05, 4.69) is 19.1 Å². The highest BCUT2D eigenvalue weighted by Crippen LogP contribution is 2.21. The van der Waals surface area contributed by atoms with Gasteiger partial charge < -0.3 is 4.90 Å². The highest BCUT2D eigenvalue weighted by atomic mass is 16.2. The Labute approximate surface area is 92.0 Å². The van der Waals surface area contributed by atoms with Crippen LogP contribution in [0.2, 0.25) is 0 Å². The second kappa shape index (κ2) is 5.54. The fourth-order valence-corrected chi connectivity index (χ4v) is 1.69. The van der Waals surface area contributed by atoms with E-state index in [1.165, 1.54) is 5.57 Å². The van der Waals surface area contributed by atoms with Gasteiger partial charge in [0.05, 0.1) is 0 Å². The molecule has 0 unspecified atom stereocenters. The zero-order valence-corrected chi connectivity index (χ0v) is 9.79. The van der Waals surface area contributed by atoms with Gasteiger partial charge in [-0.15, -0.1) is 0 Å². The average Bonchev–Trinajstić information content (AvgIpc) is 2.22. The second-order valence-electron chi connectivity index (χ2n) is 3.75. The lowest BCUT2D eigenvalue weighted by Crippen LogP contribution is -2.29. The molecule has 0 heterocycles. The first-order valence-electron chi connectivity index (χ1n) is 5.49. The standard InChI is InChI=1S/C13H19NO/c1-4-6-13(15)14(5-2)12-9-7-11(3)8-10-12/h4,6-7,9H,5,8,10H2,1-3H3/b6-4-. The van der Waals surface area contributed by atoms with E-state index in [0.717, 1.165) is 25.1 Å². The molecule has 1 rings (SSSR count). The predicted octanol–water partition coefficient (Wildman–Crippen LogP) is 3.04. The summed E-state index contributed by atoms with van der Waals surface area (Å²) in [7, 11) is 0. The van der Waals surface area contributed by atoms with Gasteiger partial charge in [-0.2, -0.15) is 0 Å². The number of carbonyl (C=O) groups is 1. The third kappa shape index (κ3) is 3.08. The first-order valence-corrected chi connectivity index (χ1v) is 5.49. The van der Waals surface area contributed by atoms with Crippen LogP contribution in [0.3, 0.4) is 0 Å². The van der Waals surface area contributed by atoms with E-state index >= 15 is 0 Å². The van der Waals surface area contributed by atoms with E-state index < -0.39 is 0 Å². The minimum absolute atomic E-state index is 0.0826. The van der Waals surface area contributed by atoms with Crippen LogP contribution >= 0.6 is 0 Å². The minimum atomic E-state index is 0.0826. The van der Waals surface area contributed by atoms with Gasteiger partial charge in [-0.3, -0.25) is 4.79 Å². The number of allylic oxidation sites excluding steroid dienone is 5. The van der Waals surface area contributed by atoms with Crippen LogP contribution in [-0.4, -0.2) is 17.4 Å². The van der Waals surface area contributed by atoms with Gasteiger partial charge in [0.15, 0.2) is 0 Å². The van der Waals surface area contributed by atoms with Gasteiger partial charge in [-0.1, -0.05) is 17.7 Å². The summed E-state index contributed by atoms with van der Waals surface area (Å²) in [6, 6.07) is 0. The van der Waals surface area contributed by atoms with Gasteiger partial charge in [0.2, 0.25) is 5.91 Å². The minimum Gasteiger partial charge on any atom is -0.313 e. The average molecular weight is 205 g/mol. The number of nitrogens with zero attached hydrogens (tertiary/aromatic N) is 1. The topological polar surface area (TPSA) is 20.3 Å². The van der Waals surface area contributed by atoms with Crippen molar-refractivity contribution in [3.8, 4) is 0 Å². The smallest absolute Gasteiger partial charge is 0.250 e. The summed E-state index contributed by atoms with van der Waals surface area (Å²) in [6.45, 7) is 6.73. The molecule has 0 bridgehead atoms. The Balaban J connectivity index is 2.79. The van der Waals surface area contributed by atoms with E-state index in [1.807, 2.05) is 18.7 Å². The molecule has 0 spiro atoms. The summed E-state index contributed by atoms with van der Waals surface area (Å²) < 4.78 is 0. The van der Waals surface area contributed by atoms with E-state index in [1.54, 1.807) is 12.2 Å². The van der Waals surface area contributed by atoms with Gasteiger partial charge >= 0.3 is 0 Å². The van der Waals surface area contributed by atoms with Crippen LogP contribution in [-0.2, 0) is 4.79 Å². The van der Waals surface area contributed by atoms with Gasteiger partial charge in [0.1, 0.15) is 0 Å². The lowest BCUT2D eigenvalue weighted by molar-refractivity contribution is -0.124. The molecule has 0 atom stereocenters. The molecule has 0 saturated heterocycles. The number of rotatable bonds is 3. The molecule has 1 amide bonds. The van der Waals surface area contributed by atoms with Crippen LogP contribution in [0.25, 0.3) is 0 Å². The van der Waals surface area contributed by atoms with Crippen molar-refractivity contribution in [1.29, 1.82) is 0 Å². The summed E-state index contributed by atoms with van der Waals surface area (Å²) >= 11 is 0. The lowest BCUT2D eigenvalue weighted by Gasteiger charge is -2.24. The molecule has 1 aliphatic rings. The highest BCUT2D eigenvalue weighted by Gasteiger charge is 2.14. The largest absolute Gasteiger partial charge is 0.313 e. The molecule has 0 aromatic heterocycles. The molecule has 2 nitrogen and oxygen atoms in total. The lowest BCUT2D eigenvalue weighted by atomic mass is 10.0. The molecule has 0 N–H and O–H groups in total. The van der Waals surface area contributed by atoms with Crippen molar-refractivity contribution in [3.05, 3.63) is 35.6 Å². The second-order valence-corrected chi connectivity index (χ2v) is 3.75. The highest BCUT2D eigenvalue weighted by molar-refractivity contribution is 5.88. The number of amides is 1.